The van der Waals surface area contributed by atoms with E-state index in [2.05, 4.69) is 5.32 Å². The number of primary sulfonamides is 1. The average Bonchev–Trinajstić information content (AvgIpc) is 2.80. The molecule has 0 aromatic carbocycles. The molecule has 1 fully saturated rings. The van der Waals surface area contributed by atoms with Crippen molar-refractivity contribution in [2.45, 2.75) is 36.7 Å². The fraction of sp³-hybridized carbons (Fsp3) is 0.615. The van der Waals surface area contributed by atoms with Crippen LogP contribution in [0.4, 0.5) is 0 Å². The molecule has 21 heavy (non-hydrogen) atoms. The van der Waals surface area contributed by atoms with Gasteiger partial charge >= 0.3 is 0 Å². The van der Waals surface area contributed by atoms with E-state index in [0.717, 1.165) is 25.7 Å². The summed E-state index contributed by atoms with van der Waals surface area (Å²) in [5, 5.41) is 17.7. The van der Waals surface area contributed by atoms with Gasteiger partial charge in [-0.3, -0.25) is 4.79 Å². The third-order valence-electron chi connectivity index (χ3n) is 3.93. The molecule has 1 aliphatic carbocycles. The molecule has 0 bridgehead atoms. The van der Waals surface area contributed by atoms with Gasteiger partial charge < -0.3 is 15.0 Å². The Balaban J connectivity index is 2.02. The SMILES string of the molecule is Cn1cc(S(N)(=O)=O)cc1C(=O)NCC1CCCCC1O. The predicted molar refractivity (Wildman–Crippen MR) is 77.1 cm³/mol. The second kappa shape index (κ2) is 6.17. The van der Waals surface area contributed by atoms with Crippen LogP contribution in [-0.4, -0.2) is 36.6 Å². The van der Waals surface area contributed by atoms with E-state index < -0.39 is 10.0 Å². The molecule has 0 spiro atoms. The Morgan fingerprint density at radius 2 is 2.14 bits per heavy atom. The van der Waals surface area contributed by atoms with Crippen LogP contribution >= 0.6 is 0 Å². The van der Waals surface area contributed by atoms with Crippen molar-refractivity contribution in [3.8, 4) is 0 Å². The zero-order valence-electron chi connectivity index (χ0n) is 11.9. The standard InChI is InChI=1S/C13H21N3O4S/c1-16-8-10(21(14,19)20)6-11(16)13(18)15-7-9-4-2-3-5-12(9)17/h6,8-9,12,17H,2-5,7H2,1H3,(H,15,18)(H2,14,19,20). The monoisotopic (exact) mass is 315 g/mol. The summed E-state index contributed by atoms with van der Waals surface area (Å²) >= 11 is 0. The topological polar surface area (TPSA) is 114 Å². The lowest BCUT2D eigenvalue weighted by molar-refractivity contribution is 0.0661. The van der Waals surface area contributed by atoms with Gasteiger partial charge in [0.15, 0.2) is 0 Å². The number of nitrogens with two attached hydrogens (primary N) is 1. The molecule has 2 unspecified atom stereocenters. The summed E-state index contributed by atoms with van der Waals surface area (Å²) in [6, 6.07) is 1.25. The molecule has 118 valence electrons. The first-order valence-corrected chi connectivity index (χ1v) is 8.49. The Bertz CT molecular complexity index is 623. The molecule has 1 amide bonds. The lowest BCUT2D eigenvalue weighted by atomic mass is 9.86. The Labute approximate surface area is 124 Å². The van der Waals surface area contributed by atoms with Gasteiger partial charge in [0.25, 0.3) is 5.91 Å². The van der Waals surface area contributed by atoms with Gasteiger partial charge in [0, 0.05) is 25.7 Å². The molecular weight excluding hydrogens is 294 g/mol. The summed E-state index contributed by atoms with van der Waals surface area (Å²) in [5.41, 5.74) is 0.226. The second-order valence-corrected chi connectivity index (χ2v) is 7.10. The molecule has 1 aromatic rings. The number of amides is 1. The van der Waals surface area contributed by atoms with Gasteiger partial charge in [0.05, 0.1) is 6.10 Å². The van der Waals surface area contributed by atoms with E-state index >= 15 is 0 Å². The van der Waals surface area contributed by atoms with E-state index in [1.807, 2.05) is 0 Å². The van der Waals surface area contributed by atoms with Crippen LogP contribution in [0.15, 0.2) is 17.2 Å². The molecule has 7 nitrogen and oxygen atoms in total. The number of aromatic nitrogens is 1. The quantitative estimate of drug-likeness (QED) is 0.723. The fourth-order valence-corrected chi connectivity index (χ4v) is 3.24. The van der Waals surface area contributed by atoms with Crippen molar-refractivity contribution >= 4 is 15.9 Å². The first-order chi connectivity index (χ1) is 9.79. The van der Waals surface area contributed by atoms with E-state index in [9.17, 15) is 18.3 Å². The molecule has 0 saturated heterocycles. The largest absolute Gasteiger partial charge is 0.393 e. The summed E-state index contributed by atoms with van der Waals surface area (Å²) in [7, 11) is -2.24. The fourth-order valence-electron chi connectivity index (χ4n) is 2.66. The molecule has 1 aromatic heterocycles. The third-order valence-corrected chi connectivity index (χ3v) is 4.82. The number of nitrogens with one attached hydrogen (secondary N) is 1. The lowest BCUT2D eigenvalue weighted by Gasteiger charge is -2.27. The number of carbonyl (C=O) groups is 1. The van der Waals surface area contributed by atoms with Crippen molar-refractivity contribution in [3.05, 3.63) is 18.0 Å². The number of sulfonamides is 1. The summed E-state index contributed by atoms with van der Waals surface area (Å²) < 4.78 is 24.0. The minimum absolute atomic E-state index is 0.0562. The van der Waals surface area contributed by atoms with Crippen LogP contribution in [0.5, 0.6) is 0 Å². The summed E-state index contributed by atoms with van der Waals surface area (Å²) in [6.45, 7) is 0.385. The number of carbonyl (C=O) groups excluding carboxylic acids is 1. The van der Waals surface area contributed by atoms with Crippen LogP contribution in [0.1, 0.15) is 36.2 Å². The smallest absolute Gasteiger partial charge is 0.267 e. The Kier molecular flexibility index (Phi) is 4.70. The van der Waals surface area contributed by atoms with Gasteiger partial charge in [-0.25, -0.2) is 13.6 Å². The van der Waals surface area contributed by atoms with Crippen LogP contribution in [0.3, 0.4) is 0 Å². The summed E-state index contributed by atoms with van der Waals surface area (Å²) in [5.74, 6) is -0.314. The molecule has 1 saturated carbocycles. The van der Waals surface area contributed by atoms with Crippen LogP contribution in [-0.2, 0) is 17.1 Å². The number of aliphatic hydroxyl groups excluding tert-OH is 1. The number of hydrogen-bond acceptors (Lipinski definition) is 4. The van der Waals surface area contributed by atoms with E-state index in [1.165, 1.54) is 16.8 Å². The highest BCUT2D eigenvalue weighted by atomic mass is 32.2. The summed E-state index contributed by atoms with van der Waals surface area (Å²) in [6.07, 6.45) is 4.64. The molecular formula is C13H21N3O4S. The number of hydrogen-bond donors (Lipinski definition) is 3. The van der Waals surface area contributed by atoms with Crippen molar-refractivity contribution in [2.24, 2.45) is 18.1 Å². The van der Waals surface area contributed by atoms with Crippen molar-refractivity contribution in [1.82, 2.24) is 9.88 Å². The van der Waals surface area contributed by atoms with Crippen LogP contribution < -0.4 is 10.5 Å². The van der Waals surface area contributed by atoms with E-state index in [-0.39, 0.29) is 28.5 Å². The van der Waals surface area contributed by atoms with Crippen molar-refractivity contribution < 1.29 is 18.3 Å². The number of rotatable bonds is 4. The predicted octanol–water partition coefficient (Wildman–Crippen LogP) is -0.0466. The van der Waals surface area contributed by atoms with Crippen LogP contribution in [0.2, 0.25) is 0 Å². The van der Waals surface area contributed by atoms with E-state index in [1.54, 1.807) is 7.05 Å². The van der Waals surface area contributed by atoms with Crippen LogP contribution in [0, 0.1) is 5.92 Å². The Hall–Kier alpha value is -1.38. The molecule has 2 atom stereocenters. The minimum atomic E-state index is -3.82. The van der Waals surface area contributed by atoms with Gasteiger partial charge in [-0.2, -0.15) is 0 Å². The minimum Gasteiger partial charge on any atom is -0.393 e. The molecule has 0 aliphatic heterocycles. The van der Waals surface area contributed by atoms with Gasteiger partial charge in [-0.15, -0.1) is 0 Å². The molecule has 1 heterocycles. The van der Waals surface area contributed by atoms with Crippen molar-refractivity contribution in [1.29, 1.82) is 0 Å². The zero-order valence-corrected chi connectivity index (χ0v) is 12.8. The maximum atomic E-state index is 12.1. The van der Waals surface area contributed by atoms with Gasteiger partial charge in [-0.1, -0.05) is 12.8 Å². The Morgan fingerprint density at radius 1 is 1.48 bits per heavy atom. The maximum absolute atomic E-state index is 12.1. The number of aliphatic hydroxyl groups is 1. The normalized spacial score (nSPS) is 23.0. The highest BCUT2D eigenvalue weighted by molar-refractivity contribution is 7.89. The molecule has 8 heteroatoms. The zero-order chi connectivity index (χ0) is 15.6. The number of nitrogens with zero attached hydrogens (tertiary/aromatic N) is 1. The van der Waals surface area contributed by atoms with Gasteiger partial charge in [0.1, 0.15) is 10.6 Å². The molecule has 4 N–H and O–H groups in total. The first-order valence-electron chi connectivity index (χ1n) is 6.94. The first kappa shape index (κ1) is 16.0. The molecule has 0 radical (unpaired) electrons. The Morgan fingerprint density at radius 3 is 2.71 bits per heavy atom. The highest BCUT2D eigenvalue weighted by Crippen LogP contribution is 2.23. The number of aryl methyl sites for hydroxylation is 1. The van der Waals surface area contributed by atoms with Gasteiger partial charge in [-0.05, 0) is 18.9 Å². The van der Waals surface area contributed by atoms with Gasteiger partial charge in [0.2, 0.25) is 10.0 Å². The molecule has 2 rings (SSSR count). The average molecular weight is 315 g/mol. The maximum Gasteiger partial charge on any atom is 0.267 e. The highest BCUT2D eigenvalue weighted by Gasteiger charge is 2.24. The van der Waals surface area contributed by atoms with E-state index in [0.29, 0.717) is 6.54 Å². The van der Waals surface area contributed by atoms with Crippen molar-refractivity contribution in [2.75, 3.05) is 6.54 Å². The molecule has 1 aliphatic rings. The van der Waals surface area contributed by atoms with E-state index in [4.69, 9.17) is 5.14 Å². The van der Waals surface area contributed by atoms with Crippen molar-refractivity contribution in [3.63, 3.8) is 0 Å². The second-order valence-electron chi connectivity index (χ2n) is 5.54. The summed E-state index contributed by atoms with van der Waals surface area (Å²) in [4.78, 5) is 12.0. The van der Waals surface area contributed by atoms with Crippen LogP contribution in [0.25, 0.3) is 0 Å². The third kappa shape index (κ3) is 3.84. The lowest BCUT2D eigenvalue weighted by Crippen LogP contribution is -2.37.